The van der Waals surface area contributed by atoms with Gasteiger partial charge in [0.1, 0.15) is 5.78 Å². The predicted octanol–water partition coefficient (Wildman–Crippen LogP) is 3.40. The van der Waals surface area contributed by atoms with Gasteiger partial charge in [0.15, 0.2) is 0 Å². The van der Waals surface area contributed by atoms with Crippen molar-refractivity contribution in [2.24, 2.45) is 23.2 Å². The standard InChI is InChI=1S/C14H20O3.C4H4O.C2H4O2/c1-14-7-8-17-13(16)10(14)6-5-9-3-2-4-11(15)12(9)14;1-2-4-5-3-1;1-4-2-3/h9-10,12H,2-8H2,1H3;1-4H;2H,1H3/t9?,10?,12?,14-;;/m0../s1. The van der Waals surface area contributed by atoms with Gasteiger partial charge in [-0.15, -0.1) is 0 Å². The third kappa shape index (κ3) is 4.54. The summed E-state index contributed by atoms with van der Waals surface area (Å²) >= 11 is 0. The maximum absolute atomic E-state index is 12.2. The highest BCUT2D eigenvalue weighted by molar-refractivity contribution is 5.85. The van der Waals surface area contributed by atoms with Gasteiger partial charge in [0.2, 0.25) is 0 Å². The van der Waals surface area contributed by atoms with Crippen molar-refractivity contribution in [2.75, 3.05) is 13.7 Å². The van der Waals surface area contributed by atoms with Crippen LogP contribution in [-0.4, -0.2) is 31.9 Å². The molecular formula is C20H28O6. The van der Waals surface area contributed by atoms with Gasteiger partial charge in [0.25, 0.3) is 6.47 Å². The maximum atomic E-state index is 12.2. The molecule has 2 saturated carbocycles. The highest BCUT2D eigenvalue weighted by atomic mass is 16.5. The average molecular weight is 364 g/mol. The van der Waals surface area contributed by atoms with E-state index in [1.165, 1.54) is 13.5 Å². The van der Waals surface area contributed by atoms with E-state index in [1.54, 1.807) is 12.5 Å². The number of carbonyl (C=O) groups is 3. The van der Waals surface area contributed by atoms with Crippen molar-refractivity contribution in [3.8, 4) is 0 Å². The Bertz CT molecular complexity index is 564. The van der Waals surface area contributed by atoms with Gasteiger partial charge in [-0.2, -0.15) is 0 Å². The number of fused-ring (bicyclic) bond motifs is 3. The van der Waals surface area contributed by atoms with E-state index in [-0.39, 0.29) is 23.2 Å². The molecule has 4 rings (SSSR count). The molecular weight excluding hydrogens is 336 g/mol. The fourth-order valence-electron chi connectivity index (χ4n) is 4.68. The van der Waals surface area contributed by atoms with E-state index in [2.05, 4.69) is 16.1 Å². The predicted molar refractivity (Wildman–Crippen MR) is 94.0 cm³/mol. The quantitative estimate of drug-likeness (QED) is 0.561. The topological polar surface area (TPSA) is 82.8 Å². The minimum atomic E-state index is -0.115. The van der Waals surface area contributed by atoms with Crippen LogP contribution in [0.1, 0.15) is 45.4 Å². The number of Topliss-reactive ketones (excluding diaryl/α,β-unsaturated/α-hetero) is 1. The molecule has 1 aromatic heterocycles. The summed E-state index contributed by atoms with van der Waals surface area (Å²) in [6, 6.07) is 3.67. The van der Waals surface area contributed by atoms with Crippen molar-refractivity contribution in [1.82, 2.24) is 0 Å². The van der Waals surface area contributed by atoms with E-state index in [9.17, 15) is 9.59 Å². The lowest BCUT2D eigenvalue weighted by molar-refractivity contribution is -0.176. The molecule has 0 N–H and O–H groups in total. The smallest absolute Gasteiger partial charge is 0.309 e. The Morgan fingerprint density at radius 1 is 1.19 bits per heavy atom. The lowest BCUT2D eigenvalue weighted by atomic mass is 9.52. The van der Waals surface area contributed by atoms with Crippen molar-refractivity contribution in [3.63, 3.8) is 0 Å². The Hall–Kier alpha value is -2.11. The van der Waals surface area contributed by atoms with Gasteiger partial charge in [-0.25, -0.2) is 0 Å². The molecule has 0 bridgehead atoms. The van der Waals surface area contributed by atoms with Crippen LogP contribution in [0.5, 0.6) is 0 Å². The number of methoxy groups -OCH3 is 1. The minimum Gasteiger partial charge on any atom is -0.473 e. The summed E-state index contributed by atoms with van der Waals surface area (Å²) < 4.78 is 13.6. The van der Waals surface area contributed by atoms with E-state index in [0.29, 0.717) is 24.8 Å². The number of carbonyl (C=O) groups excluding carboxylic acids is 3. The third-order valence-electron chi connectivity index (χ3n) is 5.84. The molecule has 0 aromatic carbocycles. The van der Waals surface area contributed by atoms with Crippen LogP contribution in [0.4, 0.5) is 0 Å². The number of esters is 1. The number of hydrogen-bond donors (Lipinski definition) is 0. The zero-order valence-corrected chi connectivity index (χ0v) is 15.5. The first-order chi connectivity index (χ1) is 12.5. The Labute approximate surface area is 154 Å². The molecule has 2 heterocycles. The lowest BCUT2D eigenvalue weighted by Crippen LogP contribution is -2.54. The molecule has 3 aliphatic rings. The molecule has 4 atom stereocenters. The van der Waals surface area contributed by atoms with Crippen molar-refractivity contribution < 1.29 is 28.3 Å². The summed E-state index contributed by atoms with van der Waals surface area (Å²) in [5.41, 5.74) is -0.115. The fourth-order valence-corrected chi connectivity index (χ4v) is 4.68. The van der Waals surface area contributed by atoms with Crippen LogP contribution < -0.4 is 0 Å². The minimum absolute atomic E-state index is 0.0282. The van der Waals surface area contributed by atoms with Gasteiger partial charge in [0, 0.05) is 12.3 Å². The molecule has 3 unspecified atom stereocenters. The first kappa shape index (κ1) is 20.2. The van der Waals surface area contributed by atoms with Crippen LogP contribution >= 0.6 is 0 Å². The normalized spacial score (nSPS) is 32.3. The molecule has 0 radical (unpaired) electrons. The summed E-state index contributed by atoms with van der Waals surface area (Å²) in [6.45, 7) is 3.03. The molecule has 26 heavy (non-hydrogen) atoms. The highest BCUT2D eigenvalue weighted by Gasteiger charge is 2.56. The zero-order valence-electron chi connectivity index (χ0n) is 15.5. The number of hydrogen-bond acceptors (Lipinski definition) is 6. The van der Waals surface area contributed by atoms with Gasteiger partial charge in [-0.3, -0.25) is 14.4 Å². The number of furan rings is 1. The summed E-state index contributed by atoms with van der Waals surface area (Å²) in [5, 5.41) is 0. The second kappa shape index (κ2) is 9.55. The zero-order chi connectivity index (χ0) is 19.0. The molecule has 0 spiro atoms. The van der Waals surface area contributed by atoms with Crippen molar-refractivity contribution in [3.05, 3.63) is 24.7 Å². The van der Waals surface area contributed by atoms with Crippen LogP contribution in [0.15, 0.2) is 29.1 Å². The van der Waals surface area contributed by atoms with Crippen molar-refractivity contribution >= 4 is 18.2 Å². The Kier molecular flexibility index (Phi) is 7.42. The van der Waals surface area contributed by atoms with Gasteiger partial charge >= 0.3 is 5.97 Å². The van der Waals surface area contributed by atoms with E-state index >= 15 is 0 Å². The molecule has 1 aliphatic heterocycles. The fraction of sp³-hybridized carbons (Fsp3) is 0.650. The second-order valence-electron chi connectivity index (χ2n) is 7.27. The molecule has 6 heteroatoms. The summed E-state index contributed by atoms with van der Waals surface area (Å²) in [7, 11) is 1.31. The molecule has 1 aromatic rings. The first-order valence-electron chi connectivity index (χ1n) is 9.17. The molecule has 144 valence electrons. The molecule has 2 aliphatic carbocycles. The van der Waals surface area contributed by atoms with Gasteiger partial charge in [-0.05, 0) is 55.6 Å². The second-order valence-corrected chi connectivity index (χ2v) is 7.27. The number of ether oxygens (including phenoxy) is 2. The van der Waals surface area contributed by atoms with E-state index < -0.39 is 0 Å². The lowest BCUT2D eigenvalue weighted by Gasteiger charge is -2.52. The third-order valence-corrected chi connectivity index (χ3v) is 5.84. The maximum Gasteiger partial charge on any atom is 0.309 e. The first-order valence-corrected chi connectivity index (χ1v) is 9.17. The van der Waals surface area contributed by atoms with Gasteiger partial charge in [-0.1, -0.05) is 6.92 Å². The van der Waals surface area contributed by atoms with E-state index in [0.717, 1.165) is 32.1 Å². The van der Waals surface area contributed by atoms with E-state index in [1.807, 2.05) is 12.1 Å². The highest BCUT2D eigenvalue weighted by Crippen LogP contribution is 2.55. The SMILES string of the molecule is COC=O.C[C@]12CCOC(=O)C1CCC1CCCC(=O)C12.c1ccoc1. The Morgan fingerprint density at radius 3 is 2.46 bits per heavy atom. The summed E-state index contributed by atoms with van der Waals surface area (Å²) in [4.78, 5) is 33.1. The van der Waals surface area contributed by atoms with Crippen LogP contribution in [0.2, 0.25) is 0 Å². The van der Waals surface area contributed by atoms with Crippen molar-refractivity contribution in [1.29, 1.82) is 0 Å². The summed E-state index contributed by atoms with van der Waals surface area (Å²) in [5.74, 6) is 0.976. The number of cyclic esters (lactones) is 1. The number of rotatable bonds is 1. The largest absolute Gasteiger partial charge is 0.473 e. The molecule has 0 amide bonds. The van der Waals surface area contributed by atoms with E-state index in [4.69, 9.17) is 9.53 Å². The van der Waals surface area contributed by atoms with Crippen LogP contribution in [0.3, 0.4) is 0 Å². The van der Waals surface area contributed by atoms with Gasteiger partial charge < -0.3 is 13.9 Å². The van der Waals surface area contributed by atoms with Crippen LogP contribution in [0.25, 0.3) is 0 Å². The van der Waals surface area contributed by atoms with Crippen molar-refractivity contribution in [2.45, 2.75) is 45.4 Å². The van der Waals surface area contributed by atoms with Crippen LogP contribution in [-0.2, 0) is 23.9 Å². The van der Waals surface area contributed by atoms with Crippen LogP contribution in [0, 0.1) is 23.2 Å². The molecule has 3 fully saturated rings. The molecule has 1 saturated heterocycles. The Balaban J connectivity index is 0.000000224. The number of ketones is 1. The molecule has 6 nitrogen and oxygen atoms in total. The monoisotopic (exact) mass is 364 g/mol. The Morgan fingerprint density at radius 2 is 1.88 bits per heavy atom. The average Bonchev–Trinajstić information content (AvgIpc) is 3.21. The van der Waals surface area contributed by atoms with Gasteiger partial charge in [0.05, 0.1) is 32.2 Å². The summed E-state index contributed by atoms with van der Waals surface area (Å²) in [6.07, 6.45) is 9.02.